The van der Waals surface area contributed by atoms with E-state index < -0.39 is 23.8 Å². The molecule has 0 bridgehead atoms. The zero-order valence-electron chi connectivity index (χ0n) is 6.96. The van der Waals surface area contributed by atoms with E-state index in [-0.39, 0.29) is 5.69 Å². The van der Waals surface area contributed by atoms with Crippen LogP contribution in [-0.2, 0) is 5.60 Å². The second-order valence-electron chi connectivity index (χ2n) is 2.92. The van der Waals surface area contributed by atoms with Crippen LogP contribution in [0.1, 0.15) is 12.6 Å². The van der Waals surface area contributed by atoms with Crippen molar-refractivity contribution >= 4 is 0 Å². The molecule has 13 heavy (non-hydrogen) atoms. The molecule has 1 aromatic rings. The van der Waals surface area contributed by atoms with Gasteiger partial charge < -0.3 is 10.2 Å². The molecule has 1 aromatic heterocycles. The molecule has 2 N–H and O–H groups in total. The number of rotatable bonds is 2. The van der Waals surface area contributed by atoms with Gasteiger partial charge in [0.1, 0.15) is 17.1 Å². The molecule has 0 aliphatic rings. The molecule has 0 saturated heterocycles. The molecule has 1 unspecified atom stereocenters. The minimum atomic E-state index is -1.78. The lowest BCUT2D eigenvalue weighted by atomic mass is 10.0. The Hall–Kier alpha value is -1.07. The third-order valence-electron chi connectivity index (χ3n) is 1.63. The molecule has 1 atom stereocenters. The van der Waals surface area contributed by atoms with Crippen LogP contribution in [0.4, 0.5) is 8.78 Å². The fourth-order valence-electron chi connectivity index (χ4n) is 0.886. The number of hydrogen-bond donors (Lipinski definition) is 2. The summed E-state index contributed by atoms with van der Waals surface area (Å²) in [5.74, 6) is -1.80. The van der Waals surface area contributed by atoms with Crippen molar-refractivity contribution in [2.45, 2.75) is 12.5 Å². The van der Waals surface area contributed by atoms with Crippen molar-refractivity contribution in [2.75, 3.05) is 6.61 Å². The predicted molar refractivity (Wildman–Crippen MR) is 40.8 cm³/mol. The van der Waals surface area contributed by atoms with Gasteiger partial charge in [-0.05, 0) is 6.92 Å². The van der Waals surface area contributed by atoms with Gasteiger partial charge >= 0.3 is 0 Å². The summed E-state index contributed by atoms with van der Waals surface area (Å²) in [4.78, 5) is 3.36. The number of aliphatic hydroxyl groups is 2. The highest BCUT2D eigenvalue weighted by atomic mass is 19.1. The number of pyridine rings is 1. The molecule has 0 amide bonds. The van der Waals surface area contributed by atoms with Gasteiger partial charge in [0.15, 0.2) is 5.82 Å². The molecule has 0 spiro atoms. The summed E-state index contributed by atoms with van der Waals surface area (Å²) < 4.78 is 25.4. The molecule has 1 rings (SSSR count). The largest absolute Gasteiger partial charge is 0.393 e. The van der Waals surface area contributed by atoms with Crippen LogP contribution in [-0.4, -0.2) is 21.8 Å². The van der Waals surface area contributed by atoms with Gasteiger partial charge in [-0.15, -0.1) is 0 Å². The maximum Gasteiger partial charge on any atom is 0.150 e. The molecule has 5 heteroatoms. The van der Waals surface area contributed by atoms with Gasteiger partial charge in [-0.25, -0.2) is 8.78 Å². The molecule has 3 nitrogen and oxygen atoms in total. The van der Waals surface area contributed by atoms with E-state index >= 15 is 0 Å². The molecule has 0 aliphatic heterocycles. The first-order valence-corrected chi connectivity index (χ1v) is 3.62. The Labute approximate surface area is 73.7 Å². The van der Waals surface area contributed by atoms with Gasteiger partial charge in [0.05, 0.1) is 12.8 Å². The van der Waals surface area contributed by atoms with E-state index in [0.717, 1.165) is 6.20 Å². The second kappa shape index (κ2) is 3.35. The quantitative estimate of drug-likeness (QED) is 0.714. The SMILES string of the molecule is CC(O)(CO)c1ncc(F)cc1F. The number of halogens is 2. The fourth-order valence-corrected chi connectivity index (χ4v) is 0.886. The first kappa shape index (κ1) is 10.0. The van der Waals surface area contributed by atoms with Crippen molar-refractivity contribution in [2.24, 2.45) is 0 Å². The summed E-state index contributed by atoms with van der Waals surface area (Å²) in [6.07, 6.45) is 0.780. The highest BCUT2D eigenvalue weighted by Crippen LogP contribution is 2.20. The third kappa shape index (κ3) is 1.99. The average Bonchev–Trinajstić information content (AvgIpc) is 2.03. The van der Waals surface area contributed by atoms with Gasteiger partial charge in [-0.2, -0.15) is 0 Å². The van der Waals surface area contributed by atoms with Crippen LogP contribution in [0.15, 0.2) is 12.3 Å². The molecular formula is C8H9F2NO2. The van der Waals surface area contributed by atoms with Crippen molar-refractivity contribution in [3.8, 4) is 0 Å². The van der Waals surface area contributed by atoms with E-state index in [2.05, 4.69) is 4.98 Å². The van der Waals surface area contributed by atoms with E-state index in [1.165, 1.54) is 6.92 Å². The molecule has 72 valence electrons. The van der Waals surface area contributed by atoms with Crippen molar-refractivity contribution in [1.29, 1.82) is 0 Å². The van der Waals surface area contributed by atoms with Crippen LogP contribution in [0, 0.1) is 11.6 Å². The summed E-state index contributed by atoms with van der Waals surface area (Å²) in [5.41, 5.74) is -2.14. The van der Waals surface area contributed by atoms with Crippen LogP contribution < -0.4 is 0 Å². The standard InChI is InChI=1S/C8H9F2NO2/c1-8(13,4-12)7-6(10)2-5(9)3-11-7/h2-3,12-13H,4H2,1H3. The van der Waals surface area contributed by atoms with Crippen LogP contribution in [0.25, 0.3) is 0 Å². The minimum Gasteiger partial charge on any atom is -0.393 e. The Morgan fingerprint density at radius 1 is 1.54 bits per heavy atom. The monoisotopic (exact) mass is 189 g/mol. The molecule has 0 aromatic carbocycles. The summed E-state index contributed by atoms with van der Waals surface area (Å²) in [7, 11) is 0. The number of nitrogens with zero attached hydrogens (tertiary/aromatic N) is 1. The number of aromatic nitrogens is 1. The van der Waals surface area contributed by atoms with Gasteiger partial charge in [-0.1, -0.05) is 0 Å². The Kier molecular flexibility index (Phi) is 2.58. The first-order valence-electron chi connectivity index (χ1n) is 3.62. The van der Waals surface area contributed by atoms with E-state index in [1.54, 1.807) is 0 Å². The van der Waals surface area contributed by atoms with Gasteiger partial charge in [0.25, 0.3) is 0 Å². The van der Waals surface area contributed by atoms with E-state index in [0.29, 0.717) is 6.07 Å². The van der Waals surface area contributed by atoms with Crippen molar-refractivity contribution in [1.82, 2.24) is 4.98 Å². The van der Waals surface area contributed by atoms with Gasteiger partial charge in [-0.3, -0.25) is 4.98 Å². The molecule has 1 heterocycles. The molecule has 0 saturated carbocycles. The van der Waals surface area contributed by atoms with Gasteiger partial charge in [0.2, 0.25) is 0 Å². The second-order valence-corrected chi connectivity index (χ2v) is 2.92. The van der Waals surface area contributed by atoms with Crippen LogP contribution in [0.2, 0.25) is 0 Å². The lowest BCUT2D eigenvalue weighted by Gasteiger charge is -2.19. The Bertz CT molecular complexity index is 315. The van der Waals surface area contributed by atoms with E-state index in [9.17, 15) is 13.9 Å². The Morgan fingerprint density at radius 2 is 2.15 bits per heavy atom. The number of hydrogen-bond acceptors (Lipinski definition) is 3. The summed E-state index contributed by atoms with van der Waals surface area (Å²) >= 11 is 0. The fraction of sp³-hybridized carbons (Fsp3) is 0.375. The van der Waals surface area contributed by atoms with Crippen molar-refractivity contribution in [3.63, 3.8) is 0 Å². The topological polar surface area (TPSA) is 53.4 Å². The Morgan fingerprint density at radius 3 is 2.62 bits per heavy atom. The number of aliphatic hydroxyl groups excluding tert-OH is 1. The Balaban J connectivity index is 3.16. The third-order valence-corrected chi connectivity index (χ3v) is 1.63. The highest BCUT2D eigenvalue weighted by Gasteiger charge is 2.27. The summed E-state index contributed by atoms with van der Waals surface area (Å²) in [6.45, 7) is 0.513. The van der Waals surface area contributed by atoms with Crippen LogP contribution >= 0.6 is 0 Å². The van der Waals surface area contributed by atoms with E-state index in [4.69, 9.17) is 5.11 Å². The average molecular weight is 189 g/mol. The van der Waals surface area contributed by atoms with Crippen LogP contribution in [0.5, 0.6) is 0 Å². The zero-order valence-corrected chi connectivity index (χ0v) is 6.96. The molecule has 0 fully saturated rings. The predicted octanol–water partition coefficient (Wildman–Crippen LogP) is 0.560. The highest BCUT2D eigenvalue weighted by molar-refractivity contribution is 5.15. The first-order chi connectivity index (χ1) is 5.97. The normalized spacial score (nSPS) is 15.5. The summed E-state index contributed by atoms with van der Waals surface area (Å²) in [6, 6.07) is 0.604. The van der Waals surface area contributed by atoms with E-state index in [1.807, 2.05) is 0 Å². The van der Waals surface area contributed by atoms with Gasteiger partial charge in [0, 0.05) is 6.07 Å². The smallest absolute Gasteiger partial charge is 0.150 e. The van der Waals surface area contributed by atoms with Crippen molar-refractivity contribution < 1.29 is 19.0 Å². The molecule has 0 aliphatic carbocycles. The zero-order chi connectivity index (χ0) is 10.1. The molecule has 0 radical (unpaired) electrons. The minimum absolute atomic E-state index is 0.364. The maximum atomic E-state index is 13.0. The molecular weight excluding hydrogens is 180 g/mol. The lowest BCUT2D eigenvalue weighted by Crippen LogP contribution is -2.28. The van der Waals surface area contributed by atoms with Crippen LogP contribution in [0.3, 0.4) is 0 Å². The maximum absolute atomic E-state index is 13.0. The summed E-state index contributed by atoms with van der Waals surface area (Å²) in [5, 5.41) is 18.1. The van der Waals surface area contributed by atoms with Crippen molar-refractivity contribution in [3.05, 3.63) is 29.6 Å². The lowest BCUT2D eigenvalue weighted by molar-refractivity contribution is -0.00899.